The highest BCUT2D eigenvalue weighted by atomic mass is 32.1. The maximum Gasteiger partial charge on any atom is 0.179 e. The monoisotopic (exact) mass is 300 g/mol. The Labute approximate surface area is 129 Å². The number of aromatic nitrogens is 4. The minimum Gasteiger partial charge on any atom is -0.328 e. The number of hydrogen-bond donors (Lipinski definition) is 1. The Hall–Kier alpha value is -1.88. The summed E-state index contributed by atoms with van der Waals surface area (Å²) in [6, 6.07) is 8.51. The first-order valence-corrected chi connectivity index (χ1v) is 7.71. The highest BCUT2D eigenvalue weighted by Crippen LogP contribution is 2.19. The molecule has 0 radical (unpaired) electrons. The second-order valence-corrected chi connectivity index (χ2v) is 5.77. The molecule has 0 unspecified atom stereocenters. The summed E-state index contributed by atoms with van der Waals surface area (Å²) in [5, 5.41) is 4.56. The fourth-order valence-corrected chi connectivity index (χ4v) is 3.14. The third-order valence-corrected chi connectivity index (χ3v) is 4.35. The average molecular weight is 300 g/mol. The van der Waals surface area contributed by atoms with E-state index >= 15 is 0 Å². The highest BCUT2D eigenvalue weighted by Gasteiger charge is 2.14. The molecule has 110 valence electrons. The van der Waals surface area contributed by atoms with Gasteiger partial charge in [-0.3, -0.25) is 4.68 Å². The minimum absolute atomic E-state index is 0.779. The fraction of sp³-hybridized carbons (Fsp3) is 0.375. The lowest BCUT2D eigenvalue weighted by Gasteiger charge is -2.07. The lowest BCUT2D eigenvalue weighted by atomic mass is 10.1. The molecular formula is C16H20N4S. The van der Waals surface area contributed by atoms with Crippen LogP contribution in [-0.4, -0.2) is 19.3 Å². The second-order valence-electron chi connectivity index (χ2n) is 5.38. The van der Waals surface area contributed by atoms with E-state index in [4.69, 9.17) is 12.2 Å². The number of aromatic amines is 1. The lowest BCUT2D eigenvalue weighted by Crippen LogP contribution is -2.06. The molecule has 0 fully saturated rings. The smallest absolute Gasteiger partial charge is 0.179 e. The van der Waals surface area contributed by atoms with Crippen molar-refractivity contribution in [1.82, 2.24) is 19.3 Å². The van der Waals surface area contributed by atoms with Gasteiger partial charge in [0.1, 0.15) is 5.52 Å². The molecule has 3 aromatic rings. The molecule has 0 amide bonds. The number of benzene rings is 1. The van der Waals surface area contributed by atoms with E-state index in [9.17, 15) is 0 Å². The van der Waals surface area contributed by atoms with Crippen molar-refractivity contribution >= 4 is 23.4 Å². The molecule has 2 heterocycles. The van der Waals surface area contributed by atoms with Crippen LogP contribution in [0.4, 0.5) is 0 Å². The van der Waals surface area contributed by atoms with E-state index in [0.29, 0.717) is 0 Å². The molecule has 0 saturated heterocycles. The Balaban J connectivity index is 1.98. The topological polar surface area (TPSA) is 38.5 Å². The van der Waals surface area contributed by atoms with Crippen molar-refractivity contribution in [2.75, 3.05) is 0 Å². The third kappa shape index (κ3) is 2.42. The van der Waals surface area contributed by atoms with Crippen LogP contribution in [-0.2, 0) is 26.4 Å². The molecule has 3 rings (SSSR count). The van der Waals surface area contributed by atoms with Crippen LogP contribution in [0, 0.1) is 11.7 Å². The number of rotatable bonds is 4. The molecule has 0 aliphatic carbocycles. The molecule has 1 N–H and O–H groups in total. The van der Waals surface area contributed by atoms with Gasteiger partial charge in [0, 0.05) is 13.6 Å². The normalized spacial score (nSPS) is 11.4. The maximum atomic E-state index is 5.49. The van der Waals surface area contributed by atoms with Crippen molar-refractivity contribution in [3.05, 3.63) is 45.9 Å². The van der Waals surface area contributed by atoms with Crippen LogP contribution >= 0.6 is 12.2 Å². The molecule has 0 saturated carbocycles. The summed E-state index contributed by atoms with van der Waals surface area (Å²) in [5.74, 6) is 0. The SMILES string of the molecule is CCc1nn(C)c2c1[nH]c(=S)n2CCc1ccccc1C. The Bertz CT molecular complexity index is 838. The first-order valence-electron chi connectivity index (χ1n) is 7.30. The molecule has 1 aromatic carbocycles. The zero-order valence-electron chi connectivity index (χ0n) is 12.7. The first kappa shape index (κ1) is 14.1. The van der Waals surface area contributed by atoms with Crippen molar-refractivity contribution in [3.63, 3.8) is 0 Å². The molecular weight excluding hydrogens is 280 g/mol. The van der Waals surface area contributed by atoms with Crippen LogP contribution in [0.25, 0.3) is 11.2 Å². The van der Waals surface area contributed by atoms with Crippen LogP contribution in [0.15, 0.2) is 24.3 Å². The van der Waals surface area contributed by atoms with Gasteiger partial charge in [-0.1, -0.05) is 31.2 Å². The van der Waals surface area contributed by atoms with E-state index in [0.717, 1.165) is 41.0 Å². The number of aryl methyl sites for hydroxylation is 5. The zero-order valence-corrected chi connectivity index (χ0v) is 13.5. The zero-order chi connectivity index (χ0) is 15.0. The van der Waals surface area contributed by atoms with E-state index in [-0.39, 0.29) is 0 Å². The van der Waals surface area contributed by atoms with Gasteiger partial charge in [0.2, 0.25) is 0 Å². The number of nitrogens with one attached hydrogen (secondary N) is 1. The van der Waals surface area contributed by atoms with Crippen LogP contribution in [0.2, 0.25) is 0 Å². The Morgan fingerprint density at radius 2 is 2.05 bits per heavy atom. The largest absolute Gasteiger partial charge is 0.328 e. The van der Waals surface area contributed by atoms with E-state index in [1.807, 2.05) is 11.7 Å². The number of nitrogens with zero attached hydrogens (tertiary/aromatic N) is 3. The van der Waals surface area contributed by atoms with Crippen LogP contribution in [0.5, 0.6) is 0 Å². The van der Waals surface area contributed by atoms with Crippen LogP contribution < -0.4 is 0 Å². The summed E-state index contributed by atoms with van der Waals surface area (Å²) >= 11 is 5.49. The number of imidazole rings is 1. The number of H-pyrrole nitrogens is 1. The van der Waals surface area contributed by atoms with Crippen molar-refractivity contribution in [2.24, 2.45) is 7.05 Å². The first-order chi connectivity index (χ1) is 10.1. The maximum absolute atomic E-state index is 5.49. The molecule has 2 aromatic heterocycles. The molecule has 0 bridgehead atoms. The van der Waals surface area contributed by atoms with Gasteiger partial charge in [0.05, 0.1) is 5.69 Å². The predicted octanol–water partition coefficient (Wildman–Crippen LogP) is 3.55. The highest BCUT2D eigenvalue weighted by molar-refractivity contribution is 7.71. The quantitative estimate of drug-likeness (QED) is 0.748. The van der Waals surface area contributed by atoms with E-state index in [1.54, 1.807) is 0 Å². The molecule has 0 spiro atoms. The Kier molecular flexibility index (Phi) is 3.68. The summed E-state index contributed by atoms with van der Waals surface area (Å²) in [6.45, 7) is 5.14. The predicted molar refractivity (Wildman–Crippen MR) is 88.1 cm³/mol. The van der Waals surface area contributed by atoms with E-state index in [2.05, 4.69) is 52.8 Å². The molecule has 4 nitrogen and oxygen atoms in total. The third-order valence-electron chi connectivity index (χ3n) is 4.02. The lowest BCUT2D eigenvalue weighted by molar-refractivity contribution is 0.661. The summed E-state index contributed by atoms with van der Waals surface area (Å²) < 4.78 is 4.86. The molecule has 21 heavy (non-hydrogen) atoms. The van der Waals surface area contributed by atoms with Crippen molar-refractivity contribution in [1.29, 1.82) is 0 Å². The van der Waals surface area contributed by atoms with Gasteiger partial charge in [-0.2, -0.15) is 5.10 Å². The molecule has 0 atom stereocenters. The van der Waals surface area contributed by atoms with Crippen molar-refractivity contribution < 1.29 is 0 Å². The van der Waals surface area contributed by atoms with Gasteiger partial charge in [-0.05, 0) is 43.1 Å². The summed E-state index contributed by atoms with van der Waals surface area (Å²) in [5.41, 5.74) is 5.94. The molecule has 5 heteroatoms. The van der Waals surface area contributed by atoms with Crippen molar-refractivity contribution in [3.8, 4) is 0 Å². The van der Waals surface area contributed by atoms with E-state index in [1.165, 1.54) is 11.1 Å². The van der Waals surface area contributed by atoms with Gasteiger partial charge in [0.15, 0.2) is 10.4 Å². The molecule has 0 aliphatic rings. The van der Waals surface area contributed by atoms with Gasteiger partial charge in [0.25, 0.3) is 0 Å². The van der Waals surface area contributed by atoms with Gasteiger partial charge in [-0.15, -0.1) is 0 Å². The number of hydrogen-bond acceptors (Lipinski definition) is 2. The summed E-state index contributed by atoms with van der Waals surface area (Å²) in [7, 11) is 1.98. The van der Waals surface area contributed by atoms with Gasteiger partial charge in [-0.25, -0.2) is 0 Å². The average Bonchev–Trinajstić information content (AvgIpc) is 2.95. The van der Waals surface area contributed by atoms with Gasteiger partial charge >= 0.3 is 0 Å². The Morgan fingerprint density at radius 3 is 2.76 bits per heavy atom. The van der Waals surface area contributed by atoms with Gasteiger partial charge < -0.3 is 9.55 Å². The van der Waals surface area contributed by atoms with Crippen molar-refractivity contribution in [2.45, 2.75) is 33.2 Å². The van der Waals surface area contributed by atoms with E-state index < -0.39 is 0 Å². The standard InChI is InChI=1S/C16H20N4S/c1-4-13-14-15(19(3)18-13)20(16(21)17-14)10-9-12-8-6-5-7-11(12)2/h5-8H,4,9-10H2,1-3H3,(H,17,21). The Morgan fingerprint density at radius 1 is 1.29 bits per heavy atom. The second kappa shape index (κ2) is 5.48. The molecule has 0 aliphatic heterocycles. The van der Waals surface area contributed by atoms with Crippen LogP contribution in [0.1, 0.15) is 23.7 Å². The fourth-order valence-electron chi connectivity index (χ4n) is 2.86. The summed E-state index contributed by atoms with van der Waals surface area (Å²) in [6.07, 6.45) is 1.88. The summed E-state index contributed by atoms with van der Waals surface area (Å²) in [4.78, 5) is 3.31. The minimum atomic E-state index is 0.779. The number of fused-ring (bicyclic) bond motifs is 1. The van der Waals surface area contributed by atoms with Crippen LogP contribution in [0.3, 0.4) is 0 Å².